The van der Waals surface area contributed by atoms with Crippen LogP contribution in [0.3, 0.4) is 0 Å². The van der Waals surface area contributed by atoms with Gasteiger partial charge < -0.3 is 0 Å². The van der Waals surface area contributed by atoms with Crippen molar-refractivity contribution < 1.29 is 0 Å². The van der Waals surface area contributed by atoms with Gasteiger partial charge in [-0.3, -0.25) is 0 Å². The number of hydrogen-bond acceptors (Lipinski definition) is 1. The Morgan fingerprint density at radius 2 is 2.20 bits per heavy atom. The Labute approximate surface area is 65.6 Å². The number of nitrogens with zero attached hydrogens (tertiary/aromatic N) is 1. The fourth-order valence-corrected chi connectivity index (χ4v) is 0.816. The lowest BCUT2D eigenvalue weighted by Crippen LogP contribution is -2.06. The Kier molecular flexibility index (Phi) is 1.98. The number of nitriles is 1. The van der Waals surface area contributed by atoms with Gasteiger partial charge in [-0.05, 0) is 18.2 Å². The van der Waals surface area contributed by atoms with Crippen LogP contribution in [-0.2, 0) is 0 Å². The molecule has 0 amide bonds. The number of halogens is 1. The third-order valence-electron chi connectivity index (χ3n) is 1.13. The van der Waals surface area contributed by atoms with E-state index in [0.717, 1.165) is 0 Å². The van der Waals surface area contributed by atoms with Crippen molar-refractivity contribution in [1.29, 1.82) is 5.26 Å². The van der Waals surface area contributed by atoms with Crippen molar-refractivity contribution in [2.24, 2.45) is 0 Å². The summed E-state index contributed by atoms with van der Waals surface area (Å²) < 4.78 is 0. The van der Waals surface area contributed by atoms with Crippen LogP contribution in [0.1, 0.15) is 5.56 Å². The van der Waals surface area contributed by atoms with Gasteiger partial charge in [-0.1, -0.05) is 17.1 Å². The first kappa shape index (κ1) is 7.18. The van der Waals surface area contributed by atoms with Gasteiger partial charge in [0.05, 0.1) is 6.07 Å². The maximum Gasteiger partial charge on any atom is 0.115 e. The van der Waals surface area contributed by atoms with Gasteiger partial charge >= 0.3 is 0 Å². The average molecular weight is 147 g/mol. The van der Waals surface area contributed by atoms with Crippen LogP contribution in [-0.4, -0.2) is 7.85 Å². The first-order valence-corrected chi connectivity index (χ1v) is 3.07. The second-order valence-electron chi connectivity index (χ2n) is 1.84. The van der Waals surface area contributed by atoms with Crippen LogP contribution in [0.15, 0.2) is 18.2 Å². The van der Waals surface area contributed by atoms with Crippen LogP contribution in [0, 0.1) is 11.3 Å². The Hall–Kier alpha value is -0.935. The highest BCUT2D eigenvalue weighted by Crippen LogP contribution is 2.05. The molecular weight excluding hydrogens is 144 g/mol. The summed E-state index contributed by atoms with van der Waals surface area (Å²) in [5.41, 5.74) is 0.888. The zero-order valence-electron chi connectivity index (χ0n) is 5.13. The fourth-order valence-electron chi connectivity index (χ4n) is 0.635. The lowest BCUT2D eigenvalue weighted by molar-refractivity contribution is 1.50. The zero-order chi connectivity index (χ0) is 7.56. The highest BCUT2D eigenvalue weighted by atomic mass is 35.5. The molecule has 0 bridgehead atoms. The zero-order valence-corrected chi connectivity index (χ0v) is 5.89. The van der Waals surface area contributed by atoms with E-state index in [9.17, 15) is 0 Å². The van der Waals surface area contributed by atoms with Gasteiger partial charge in [-0.25, -0.2) is 0 Å². The van der Waals surface area contributed by atoms with Gasteiger partial charge in [0, 0.05) is 10.6 Å². The Bertz CT molecular complexity index is 290. The Balaban J connectivity index is 3.23. The predicted octanol–water partition coefficient (Wildman–Crippen LogP) is 1.01. The summed E-state index contributed by atoms with van der Waals surface area (Å²) >= 11 is 5.58. The molecule has 0 atom stereocenters. The third-order valence-corrected chi connectivity index (χ3v) is 1.37. The molecule has 3 heteroatoms. The van der Waals surface area contributed by atoms with Gasteiger partial charge in [-0.2, -0.15) is 5.26 Å². The summed E-state index contributed by atoms with van der Waals surface area (Å²) in [6, 6.07) is 6.72. The quantitative estimate of drug-likeness (QED) is 0.502. The molecular formula is C7H3BClN. The van der Waals surface area contributed by atoms with Crippen molar-refractivity contribution in [3.05, 3.63) is 28.8 Å². The second kappa shape index (κ2) is 2.77. The van der Waals surface area contributed by atoms with Crippen molar-refractivity contribution in [2.75, 3.05) is 0 Å². The largest absolute Gasteiger partial charge is 0.192 e. The van der Waals surface area contributed by atoms with Crippen LogP contribution in [0.25, 0.3) is 0 Å². The van der Waals surface area contributed by atoms with E-state index in [-0.39, 0.29) is 0 Å². The predicted molar refractivity (Wildman–Crippen MR) is 41.6 cm³/mol. The van der Waals surface area contributed by atoms with Gasteiger partial charge in [-0.15, -0.1) is 0 Å². The molecule has 1 rings (SSSR count). The number of benzene rings is 1. The summed E-state index contributed by atoms with van der Waals surface area (Å²) in [7, 11) is 5.42. The lowest BCUT2D eigenvalue weighted by Gasteiger charge is -1.95. The van der Waals surface area contributed by atoms with E-state index in [0.29, 0.717) is 16.0 Å². The molecule has 46 valence electrons. The van der Waals surface area contributed by atoms with E-state index in [2.05, 4.69) is 0 Å². The number of hydrogen-bond donors (Lipinski definition) is 0. The van der Waals surface area contributed by atoms with Gasteiger partial charge in [0.15, 0.2) is 0 Å². The van der Waals surface area contributed by atoms with E-state index < -0.39 is 0 Å². The smallest absolute Gasteiger partial charge is 0.115 e. The summed E-state index contributed by atoms with van der Waals surface area (Å²) in [4.78, 5) is 0. The van der Waals surface area contributed by atoms with Crippen LogP contribution < -0.4 is 5.46 Å². The van der Waals surface area contributed by atoms with Crippen LogP contribution in [0.4, 0.5) is 0 Å². The molecule has 0 saturated heterocycles. The van der Waals surface area contributed by atoms with Crippen molar-refractivity contribution in [1.82, 2.24) is 0 Å². The van der Waals surface area contributed by atoms with Crippen molar-refractivity contribution in [3.8, 4) is 6.07 Å². The highest BCUT2D eigenvalue weighted by Gasteiger charge is 1.94. The first-order chi connectivity index (χ1) is 4.74. The molecule has 0 aliphatic heterocycles. The van der Waals surface area contributed by atoms with E-state index in [4.69, 9.17) is 24.7 Å². The second-order valence-corrected chi connectivity index (χ2v) is 2.28. The minimum atomic E-state index is 0.426. The van der Waals surface area contributed by atoms with E-state index in [1.165, 1.54) is 0 Å². The normalized spacial score (nSPS) is 8.80. The summed E-state index contributed by atoms with van der Waals surface area (Å²) in [5.74, 6) is 0. The fraction of sp³-hybridized carbons (Fsp3) is 0. The third kappa shape index (κ3) is 1.31. The standard InChI is InChI=1S/C7H3BClN/c8-7-3-6(9)2-1-5(7)4-10/h1-3H. The summed E-state index contributed by atoms with van der Waals surface area (Å²) in [6.07, 6.45) is 0. The maximum absolute atomic E-state index is 8.44. The molecule has 0 saturated carbocycles. The molecule has 0 spiro atoms. The molecule has 0 unspecified atom stereocenters. The van der Waals surface area contributed by atoms with E-state index >= 15 is 0 Å². The maximum atomic E-state index is 8.44. The first-order valence-electron chi connectivity index (χ1n) is 2.69. The minimum absolute atomic E-state index is 0.426. The molecule has 2 radical (unpaired) electrons. The SMILES string of the molecule is [B]c1cc(Cl)ccc1C#N. The van der Waals surface area contributed by atoms with Crippen LogP contribution in [0.5, 0.6) is 0 Å². The molecule has 1 nitrogen and oxygen atoms in total. The number of rotatable bonds is 0. The van der Waals surface area contributed by atoms with E-state index in [1.54, 1.807) is 18.2 Å². The lowest BCUT2D eigenvalue weighted by atomic mass is 9.91. The molecule has 0 fully saturated rings. The molecule has 0 aliphatic rings. The minimum Gasteiger partial charge on any atom is -0.192 e. The van der Waals surface area contributed by atoms with Gasteiger partial charge in [0.2, 0.25) is 0 Å². The van der Waals surface area contributed by atoms with Gasteiger partial charge in [0.1, 0.15) is 7.85 Å². The molecule has 0 N–H and O–H groups in total. The average Bonchev–Trinajstić information content (AvgIpc) is 1.88. The summed E-state index contributed by atoms with van der Waals surface area (Å²) in [5, 5.41) is 8.99. The van der Waals surface area contributed by atoms with Crippen LogP contribution in [0.2, 0.25) is 5.02 Å². The molecule has 0 heterocycles. The van der Waals surface area contributed by atoms with E-state index in [1.807, 2.05) is 6.07 Å². The topological polar surface area (TPSA) is 23.8 Å². The highest BCUT2D eigenvalue weighted by molar-refractivity contribution is 6.37. The molecule has 1 aromatic rings. The molecule has 0 aromatic heterocycles. The molecule has 1 aromatic carbocycles. The van der Waals surface area contributed by atoms with Crippen molar-refractivity contribution >= 4 is 24.9 Å². The molecule has 0 aliphatic carbocycles. The van der Waals surface area contributed by atoms with Crippen molar-refractivity contribution in [3.63, 3.8) is 0 Å². The van der Waals surface area contributed by atoms with Crippen LogP contribution >= 0.6 is 11.6 Å². The van der Waals surface area contributed by atoms with Gasteiger partial charge in [0.25, 0.3) is 0 Å². The van der Waals surface area contributed by atoms with Crippen molar-refractivity contribution in [2.45, 2.75) is 0 Å². The molecule has 10 heavy (non-hydrogen) atoms. The summed E-state index contributed by atoms with van der Waals surface area (Å²) in [6.45, 7) is 0. The Morgan fingerprint density at radius 3 is 2.70 bits per heavy atom. The Morgan fingerprint density at radius 1 is 1.50 bits per heavy atom. The monoisotopic (exact) mass is 147 g/mol.